The number of hydrogen-bond donors (Lipinski definition) is 3. The molecule has 3 N–H and O–H groups in total. The van der Waals surface area contributed by atoms with Gasteiger partial charge in [0.1, 0.15) is 11.6 Å². The molecule has 0 atom stereocenters. The minimum Gasteiger partial charge on any atom is -0.367 e. The molecule has 6 nitrogen and oxygen atoms in total. The van der Waals surface area contributed by atoms with Crippen LogP contribution in [0, 0.1) is 5.82 Å². The van der Waals surface area contributed by atoms with E-state index in [9.17, 15) is 9.18 Å². The van der Waals surface area contributed by atoms with Crippen molar-refractivity contribution in [3.8, 4) is 0 Å². The summed E-state index contributed by atoms with van der Waals surface area (Å²) in [7, 11) is 0. The van der Waals surface area contributed by atoms with Gasteiger partial charge in [0.25, 0.3) is 5.91 Å². The van der Waals surface area contributed by atoms with E-state index < -0.39 is 5.91 Å². The first kappa shape index (κ1) is 24.8. The molecule has 0 radical (unpaired) electrons. The number of nitrogens with one attached hydrogen (secondary N) is 2. The first-order valence-corrected chi connectivity index (χ1v) is 8.94. The largest absolute Gasteiger partial charge is 0.367 e. The summed E-state index contributed by atoms with van der Waals surface area (Å²) >= 11 is 0. The number of aromatic nitrogens is 1. The molecular weight excluding hydrogens is 418 g/mol. The van der Waals surface area contributed by atoms with Crippen LogP contribution in [0.3, 0.4) is 0 Å². The number of pyridine rings is 1. The molecule has 1 fully saturated rings. The maximum absolute atomic E-state index is 13.0. The Hall–Kier alpha value is -2.19. The van der Waals surface area contributed by atoms with Crippen molar-refractivity contribution in [2.75, 3.05) is 18.4 Å². The second-order valence-corrected chi connectivity index (χ2v) is 6.61. The van der Waals surface area contributed by atoms with Gasteiger partial charge in [-0.15, -0.1) is 24.8 Å². The maximum Gasteiger partial charge on any atom is 0.267 e. The van der Waals surface area contributed by atoms with Gasteiger partial charge < -0.3 is 5.32 Å². The Bertz CT molecular complexity index is 780. The molecule has 2 aromatic rings. The molecule has 0 unspecified atom stereocenters. The van der Waals surface area contributed by atoms with E-state index in [1.165, 1.54) is 18.2 Å². The predicted molar refractivity (Wildman–Crippen MR) is 116 cm³/mol. The Kier molecular flexibility index (Phi) is 10.6. The molecule has 1 saturated heterocycles. The number of hydroxylamine groups is 1. The Balaban J connectivity index is 0.00000210. The molecule has 1 aromatic heterocycles. The zero-order valence-corrected chi connectivity index (χ0v) is 17.4. The lowest BCUT2D eigenvalue weighted by Crippen LogP contribution is -2.38. The fraction of sp³-hybridized carbons (Fsp3) is 0.300. The molecule has 158 valence electrons. The first-order valence-electron chi connectivity index (χ1n) is 8.94. The van der Waals surface area contributed by atoms with E-state index >= 15 is 0 Å². The summed E-state index contributed by atoms with van der Waals surface area (Å²) in [5, 5.41) is 11.9. The van der Waals surface area contributed by atoms with Crippen molar-refractivity contribution >= 4 is 42.6 Å². The van der Waals surface area contributed by atoms with E-state index in [0.717, 1.165) is 49.4 Å². The van der Waals surface area contributed by atoms with Crippen molar-refractivity contribution in [3.05, 3.63) is 65.6 Å². The molecule has 1 aromatic carbocycles. The number of likely N-dealkylation sites (tertiary alicyclic amines) is 1. The van der Waals surface area contributed by atoms with Crippen LogP contribution in [0.2, 0.25) is 0 Å². The van der Waals surface area contributed by atoms with Gasteiger partial charge in [0.2, 0.25) is 0 Å². The van der Waals surface area contributed by atoms with Crippen molar-refractivity contribution in [2.45, 2.75) is 25.4 Å². The normalized spacial score (nSPS) is 14.7. The average molecular weight is 443 g/mol. The summed E-state index contributed by atoms with van der Waals surface area (Å²) in [5.41, 5.74) is 3.45. The molecule has 1 aliphatic rings. The number of carbonyl (C=O) groups is 1. The van der Waals surface area contributed by atoms with Crippen LogP contribution in [0.1, 0.15) is 24.0 Å². The lowest BCUT2D eigenvalue weighted by molar-refractivity contribution is -0.124. The zero-order chi connectivity index (χ0) is 19.1. The summed E-state index contributed by atoms with van der Waals surface area (Å²) in [4.78, 5) is 17.7. The standard InChI is InChI=1S/C20H23FN4O2.2ClH/c21-17-5-1-16(2-6-17)14-25-11-9-18(10-12-25)23-19-7-3-15(13-22-19)4-8-20(26)24-27;;/h1-8,13,18,27H,9-12,14H2,(H,22,23)(H,24,26);2*1H. The average Bonchev–Trinajstić information content (AvgIpc) is 2.70. The molecule has 29 heavy (non-hydrogen) atoms. The van der Waals surface area contributed by atoms with Crippen molar-refractivity contribution in [2.24, 2.45) is 0 Å². The zero-order valence-electron chi connectivity index (χ0n) is 15.8. The third-order valence-electron chi connectivity index (χ3n) is 4.58. The maximum atomic E-state index is 13.0. The fourth-order valence-electron chi connectivity index (χ4n) is 3.09. The highest BCUT2D eigenvalue weighted by molar-refractivity contribution is 5.90. The summed E-state index contributed by atoms with van der Waals surface area (Å²) in [6, 6.07) is 10.8. The lowest BCUT2D eigenvalue weighted by Gasteiger charge is -2.32. The number of hydrogen-bond acceptors (Lipinski definition) is 5. The van der Waals surface area contributed by atoms with E-state index in [4.69, 9.17) is 5.21 Å². The summed E-state index contributed by atoms with van der Waals surface area (Å²) in [5.74, 6) is 0.0210. The number of carbonyl (C=O) groups excluding carboxylic acids is 1. The highest BCUT2D eigenvalue weighted by Crippen LogP contribution is 2.18. The van der Waals surface area contributed by atoms with E-state index in [-0.39, 0.29) is 30.6 Å². The molecule has 1 aliphatic heterocycles. The van der Waals surface area contributed by atoms with Gasteiger partial charge in [0.15, 0.2) is 0 Å². The number of rotatable bonds is 6. The number of nitrogens with zero attached hydrogens (tertiary/aromatic N) is 2. The number of anilines is 1. The third-order valence-corrected chi connectivity index (χ3v) is 4.58. The van der Waals surface area contributed by atoms with E-state index in [2.05, 4.69) is 15.2 Å². The second-order valence-electron chi connectivity index (χ2n) is 6.61. The Morgan fingerprint density at radius 1 is 1.17 bits per heavy atom. The van der Waals surface area contributed by atoms with Gasteiger partial charge in [-0.3, -0.25) is 14.9 Å². The van der Waals surface area contributed by atoms with Crippen LogP contribution in [0.15, 0.2) is 48.7 Å². The fourth-order valence-corrected chi connectivity index (χ4v) is 3.09. The second kappa shape index (κ2) is 12.4. The van der Waals surface area contributed by atoms with Crippen molar-refractivity contribution < 1.29 is 14.4 Å². The third kappa shape index (κ3) is 7.98. The topological polar surface area (TPSA) is 77.5 Å². The molecular formula is C20H25Cl2FN4O2. The van der Waals surface area contributed by atoms with Crippen LogP contribution in [0.25, 0.3) is 6.08 Å². The Morgan fingerprint density at radius 2 is 1.86 bits per heavy atom. The molecule has 0 saturated carbocycles. The number of amides is 1. The summed E-state index contributed by atoms with van der Waals surface area (Å²) in [6.07, 6.45) is 6.52. The van der Waals surface area contributed by atoms with Crippen molar-refractivity contribution in [1.82, 2.24) is 15.4 Å². The molecule has 1 amide bonds. The molecule has 0 bridgehead atoms. The SMILES string of the molecule is Cl.Cl.O=C(C=Cc1ccc(NC2CCN(Cc3ccc(F)cc3)CC2)nc1)NO. The predicted octanol–water partition coefficient (Wildman–Crippen LogP) is 3.66. The van der Waals surface area contributed by atoms with Crippen LogP contribution >= 0.6 is 24.8 Å². The lowest BCUT2D eigenvalue weighted by atomic mass is 10.0. The van der Waals surface area contributed by atoms with Crippen LogP contribution in [-0.4, -0.2) is 40.1 Å². The molecule has 9 heteroatoms. The highest BCUT2D eigenvalue weighted by Gasteiger charge is 2.19. The van der Waals surface area contributed by atoms with Crippen LogP contribution in [-0.2, 0) is 11.3 Å². The quantitative estimate of drug-likeness (QED) is 0.361. The van der Waals surface area contributed by atoms with E-state index in [0.29, 0.717) is 6.04 Å². The van der Waals surface area contributed by atoms with Gasteiger partial charge in [-0.1, -0.05) is 12.1 Å². The number of piperidine rings is 1. The van der Waals surface area contributed by atoms with E-state index in [1.807, 2.05) is 24.3 Å². The van der Waals surface area contributed by atoms with Crippen molar-refractivity contribution in [1.29, 1.82) is 0 Å². The monoisotopic (exact) mass is 442 g/mol. The van der Waals surface area contributed by atoms with Crippen LogP contribution < -0.4 is 10.8 Å². The van der Waals surface area contributed by atoms with Gasteiger partial charge in [-0.2, -0.15) is 0 Å². The minimum atomic E-state index is -0.579. The first-order chi connectivity index (χ1) is 13.1. The van der Waals surface area contributed by atoms with Gasteiger partial charge in [-0.05, 0) is 54.3 Å². The molecule has 0 spiro atoms. The highest BCUT2D eigenvalue weighted by atomic mass is 35.5. The smallest absolute Gasteiger partial charge is 0.267 e. The Morgan fingerprint density at radius 3 is 2.45 bits per heavy atom. The summed E-state index contributed by atoms with van der Waals surface area (Å²) in [6.45, 7) is 2.80. The van der Waals surface area contributed by atoms with Gasteiger partial charge in [-0.25, -0.2) is 14.9 Å². The molecule has 0 aliphatic carbocycles. The molecule has 3 rings (SSSR count). The number of halogens is 3. The van der Waals surface area contributed by atoms with Crippen molar-refractivity contribution in [3.63, 3.8) is 0 Å². The number of benzene rings is 1. The summed E-state index contributed by atoms with van der Waals surface area (Å²) < 4.78 is 13.0. The van der Waals surface area contributed by atoms with Gasteiger partial charge in [0.05, 0.1) is 0 Å². The van der Waals surface area contributed by atoms with Crippen LogP contribution in [0.4, 0.5) is 10.2 Å². The van der Waals surface area contributed by atoms with E-state index in [1.54, 1.807) is 17.8 Å². The molecule has 2 heterocycles. The van der Waals surface area contributed by atoms with Crippen LogP contribution in [0.5, 0.6) is 0 Å². The van der Waals surface area contributed by atoms with Gasteiger partial charge in [0, 0.05) is 37.9 Å². The van der Waals surface area contributed by atoms with Gasteiger partial charge >= 0.3 is 0 Å². The Labute approximate surface area is 182 Å². The minimum absolute atomic E-state index is 0.